The molecule has 7 atom stereocenters. The van der Waals surface area contributed by atoms with Crippen molar-refractivity contribution in [2.75, 3.05) is 0 Å². The Balaban J connectivity index is 1.45. The normalized spacial score (nSPS) is 46.8. The van der Waals surface area contributed by atoms with E-state index in [1.54, 1.807) is 5.57 Å². The van der Waals surface area contributed by atoms with Crippen LogP contribution in [0.3, 0.4) is 0 Å². The molecular formula is C23H30N2O. The Morgan fingerprint density at radius 1 is 1.19 bits per heavy atom. The molecule has 0 amide bonds. The van der Waals surface area contributed by atoms with E-state index in [4.69, 9.17) is 0 Å². The van der Waals surface area contributed by atoms with Gasteiger partial charge in [0.1, 0.15) is 0 Å². The Bertz CT molecular complexity index is 744. The number of fused-ring (bicyclic) bond motifs is 5. The van der Waals surface area contributed by atoms with Crippen molar-refractivity contribution in [1.29, 1.82) is 0 Å². The molecule has 3 saturated carbocycles. The quantitative estimate of drug-likeness (QED) is 0.627. The van der Waals surface area contributed by atoms with Gasteiger partial charge in [0.15, 0.2) is 0 Å². The Labute approximate surface area is 156 Å². The molecule has 26 heavy (non-hydrogen) atoms. The third-order valence-electron chi connectivity index (χ3n) is 9.00. The molecule has 5 rings (SSSR count). The summed E-state index contributed by atoms with van der Waals surface area (Å²) >= 11 is 0. The fourth-order valence-corrected chi connectivity index (χ4v) is 7.78. The molecule has 4 aliphatic rings. The van der Waals surface area contributed by atoms with Crippen LogP contribution in [0.25, 0.3) is 5.57 Å². The highest BCUT2D eigenvalue weighted by atomic mass is 16.3. The third-order valence-corrected chi connectivity index (χ3v) is 9.00. The van der Waals surface area contributed by atoms with Crippen molar-refractivity contribution in [3.63, 3.8) is 0 Å². The molecule has 3 nitrogen and oxygen atoms in total. The zero-order chi connectivity index (χ0) is 17.9. The molecule has 0 aliphatic heterocycles. The number of hydrogen-bond acceptors (Lipinski definition) is 3. The molecule has 0 bridgehead atoms. The maximum absolute atomic E-state index is 11.2. The van der Waals surface area contributed by atoms with Crippen LogP contribution in [0.5, 0.6) is 0 Å². The fraction of sp³-hybridized carbons (Fsp3) is 0.696. The second-order valence-electron chi connectivity index (χ2n) is 9.91. The van der Waals surface area contributed by atoms with Crippen molar-refractivity contribution in [3.8, 4) is 0 Å². The van der Waals surface area contributed by atoms with Gasteiger partial charge in [-0.3, -0.25) is 4.98 Å². The zero-order valence-electron chi connectivity index (χ0n) is 16.0. The van der Waals surface area contributed by atoms with E-state index in [1.807, 2.05) is 12.4 Å². The van der Waals surface area contributed by atoms with Gasteiger partial charge >= 0.3 is 0 Å². The summed E-state index contributed by atoms with van der Waals surface area (Å²) in [5.74, 6) is 3.08. The van der Waals surface area contributed by atoms with Crippen LogP contribution in [0.1, 0.15) is 64.4 Å². The highest BCUT2D eigenvalue weighted by Crippen LogP contribution is 2.68. The second kappa shape index (κ2) is 5.74. The van der Waals surface area contributed by atoms with E-state index in [9.17, 15) is 4.91 Å². The molecular weight excluding hydrogens is 320 g/mol. The van der Waals surface area contributed by atoms with Crippen LogP contribution in [0.4, 0.5) is 0 Å². The van der Waals surface area contributed by atoms with E-state index in [2.05, 4.69) is 42.2 Å². The molecule has 0 aromatic carbocycles. The number of hydrogen-bond donors (Lipinski definition) is 0. The molecule has 1 heterocycles. The van der Waals surface area contributed by atoms with Gasteiger partial charge in [-0.1, -0.05) is 31.2 Å². The minimum Gasteiger partial charge on any atom is -0.264 e. The molecule has 3 heteroatoms. The highest BCUT2D eigenvalue weighted by Gasteiger charge is 2.60. The summed E-state index contributed by atoms with van der Waals surface area (Å²) in [5.41, 5.74) is 3.51. The van der Waals surface area contributed by atoms with Gasteiger partial charge in [0, 0.05) is 12.4 Å². The summed E-state index contributed by atoms with van der Waals surface area (Å²) in [6, 6.07) is 4.37. The van der Waals surface area contributed by atoms with Crippen LogP contribution >= 0.6 is 0 Å². The Morgan fingerprint density at radius 2 is 2.08 bits per heavy atom. The van der Waals surface area contributed by atoms with Crippen LogP contribution < -0.4 is 0 Å². The number of aromatic nitrogens is 1. The minimum absolute atomic E-state index is 0.0738. The van der Waals surface area contributed by atoms with Gasteiger partial charge in [0.05, 0.1) is 6.04 Å². The third kappa shape index (κ3) is 2.15. The van der Waals surface area contributed by atoms with Gasteiger partial charge in [-0.15, -0.1) is 0 Å². The highest BCUT2D eigenvalue weighted by molar-refractivity contribution is 5.72. The lowest BCUT2D eigenvalue weighted by atomic mass is 9.47. The number of allylic oxidation sites excluding steroid dienone is 2. The first kappa shape index (κ1) is 16.6. The van der Waals surface area contributed by atoms with Gasteiger partial charge in [0.2, 0.25) is 0 Å². The molecule has 0 radical (unpaired) electrons. The summed E-state index contributed by atoms with van der Waals surface area (Å²) in [6.45, 7) is 5.01. The Kier molecular flexibility index (Phi) is 3.68. The summed E-state index contributed by atoms with van der Waals surface area (Å²) in [6.07, 6.45) is 15.0. The lowest BCUT2D eigenvalue weighted by Gasteiger charge is -2.57. The van der Waals surface area contributed by atoms with Crippen LogP contribution in [-0.4, -0.2) is 11.0 Å². The van der Waals surface area contributed by atoms with E-state index in [0.717, 1.165) is 36.5 Å². The van der Waals surface area contributed by atoms with Crippen LogP contribution in [-0.2, 0) is 0 Å². The molecule has 1 aromatic rings. The van der Waals surface area contributed by atoms with Crippen LogP contribution in [0.2, 0.25) is 0 Å². The SMILES string of the molecule is C[C@]12CC(N=O)C[C@@H]1CC[C@@H]1[C@@H]2CC[C@]2(C)C(c3cccnc3)=CC[C@@H]12. The molecule has 3 fully saturated rings. The lowest BCUT2D eigenvalue weighted by molar-refractivity contribution is -0.0644. The smallest absolute Gasteiger partial charge is 0.0928 e. The molecule has 0 saturated heterocycles. The number of nitrogens with zero attached hydrogens (tertiary/aromatic N) is 2. The Hall–Kier alpha value is -1.51. The van der Waals surface area contributed by atoms with Gasteiger partial charge in [-0.2, -0.15) is 4.91 Å². The van der Waals surface area contributed by atoms with Crippen molar-refractivity contribution in [1.82, 2.24) is 4.98 Å². The predicted molar refractivity (Wildman–Crippen MR) is 104 cm³/mol. The minimum atomic E-state index is 0.0738. The van der Waals surface area contributed by atoms with Crippen molar-refractivity contribution >= 4 is 5.57 Å². The van der Waals surface area contributed by atoms with Crippen molar-refractivity contribution < 1.29 is 0 Å². The molecule has 138 valence electrons. The van der Waals surface area contributed by atoms with E-state index in [-0.39, 0.29) is 6.04 Å². The van der Waals surface area contributed by atoms with Crippen LogP contribution in [0.15, 0.2) is 35.8 Å². The summed E-state index contributed by atoms with van der Waals surface area (Å²) in [7, 11) is 0. The average molecular weight is 351 g/mol. The molecule has 1 unspecified atom stereocenters. The van der Waals surface area contributed by atoms with Crippen molar-refractivity contribution in [2.24, 2.45) is 39.7 Å². The van der Waals surface area contributed by atoms with Gasteiger partial charge in [-0.25, -0.2) is 0 Å². The second-order valence-corrected chi connectivity index (χ2v) is 9.91. The number of pyridine rings is 1. The fourth-order valence-electron chi connectivity index (χ4n) is 7.78. The standard InChI is InChI=1S/C23H30N2O/c1-22-10-9-21-18(6-5-16-12-17(25-26)13-23(16,21)2)20(22)8-7-19(22)15-4-3-11-24-14-15/h3-4,7,11,14,16-18,20-21H,5-6,8-10,12-13H2,1-2H3/t16-,17?,18-,20-,21-,22+,23-/m0/s1. The van der Waals surface area contributed by atoms with E-state index < -0.39 is 0 Å². The van der Waals surface area contributed by atoms with Gasteiger partial charge in [-0.05, 0) is 96.7 Å². The molecule has 4 aliphatic carbocycles. The number of nitroso groups, excluding NO2 is 1. The summed E-state index contributed by atoms with van der Waals surface area (Å²) in [5, 5.41) is 3.46. The van der Waals surface area contributed by atoms with Gasteiger partial charge in [0.25, 0.3) is 0 Å². The summed E-state index contributed by atoms with van der Waals surface area (Å²) in [4.78, 5) is 15.6. The topological polar surface area (TPSA) is 42.3 Å². The van der Waals surface area contributed by atoms with Crippen LogP contribution in [0, 0.1) is 39.4 Å². The van der Waals surface area contributed by atoms with Crippen molar-refractivity contribution in [2.45, 2.75) is 64.8 Å². The predicted octanol–water partition coefficient (Wildman–Crippen LogP) is 5.86. The maximum atomic E-state index is 11.2. The maximum Gasteiger partial charge on any atom is 0.0928 e. The molecule has 0 spiro atoms. The first-order valence-electron chi connectivity index (χ1n) is 10.5. The monoisotopic (exact) mass is 350 g/mol. The lowest BCUT2D eigenvalue weighted by Crippen LogP contribution is -2.49. The Morgan fingerprint density at radius 3 is 2.85 bits per heavy atom. The number of rotatable bonds is 2. The first-order chi connectivity index (χ1) is 12.6. The van der Waals surface area contributed by atoms with E-state index in [1.165, 1.54) is 37.7 Å². The average Bonchev–Trinajstić information content (AvgIpc) is 3.18. The largest absolute Gasteiger partial charge is 0.264 e. The molecule has 0 N–H and O–H groups in total. The zero-order valence-corrected chi connectivity index (χ0v) is 16.0. The van der Waals surface area contributed by atoms with Crippen molar-refractivity contribution in [3.05, 3.63) is 41.1 Å². The molecule has 1 aromatic heterocycles. The summed E-state index contributed by atoms with van der Waals surface area (Å²) < 4.78 is 0. The van der Waals surface area contributed by atoms with Gasteiger partial charge < -0.3 is 0 Å². The van der Waals surface area contributed by atoms with E-state index >= 15 is 0 Å². The van der Waals surface area contributed by atoms with E-state index in [0.29, 0.717) is 10.8 Å². The first-order valence-corrected chi connectivity index (χ1v) is 10.5.